The largest absolute Gasteiger partial charge is 0.349 e. The van der Waals surface area contributed by atoms with Gasteiger partial charge < -0.3 is 4.90 Å². The fourth-order valence-corrected chi connectivity index (χ4v) is 5.31. The van der Waals surface area contributed by atoms with Crippen molar-refractivity contribution < 1.29 is 14.5 Å². The molecule has 2 aromatic carbocycles. The van der Waals surface area contributed by atoms with Gasteiger partial charge in [0, 0.05) is 61.0 Å². The van der Waals surface area contributed by atoms with E-state index in [1.165, 1.54) is 12.1 Å². The van der Waals surface area contributed by atoms with Gasteiger partial charge in [0.05, 0.1) is 4.92 Å². The molecule has 6 heteroatoms. The maximum Gasteiger partial charge on any atom is 0.269 e. The predicted molar refractivity (Wildman–Crippen MR) is 161 cm³/mol. The van der Waals surface area contributed by atoms with Crippen LogP contribution in [0.4, 0.5) is 5.69 Å². The van der Waals surface area contributed by atoms with E-state index in [0.29, 0.717) is 36.1 Å². The average molecular weight is 545 g/mol. The van der Waals surface area contributed by atoms with Crippen LogP contribution in [0.5, 0.6) is 0 Å². The van der Waals surface area contributed by atoms with Crippen molar-refractivity contribution >= 4 is 17.3 Å². The lowest BCUT2D eigenvalue weighted by molar-refractivity contribution is -0.384. The van der Waals surface area contributed by atoms with Crippen molar-refractivity contribution in [3.05, 3.63) is 99.4 Å². The maximum atomic E-state index is 13.8. The molecule has 214 valence electrons. The minimum absolute atomic E-state index is 0.00686. The normalized spacial score (nSPS) is 13.6. The van der Waals surface area contributed by atoms with Crippen LogP contribution in [0.1, 0.15) is 108 Å². The zero-order chi connectivity index (χ0) is 28.7. The zero-order valence-corrected chi connectivity index (χ0v) is 24.1. The molecular weight excluding hydrogens is 500 g/mol. The summed E-state index contributed by atoms with van der Waals surface area (Å²) in [6, 6.07) is 16.4. The van der Waals surface area contributed by atoms with Crippen LogP contribution in [0.2, 0.25) is 0 Å². The van der Waals surface area contributed by atoms with Crippen molar-refractivity contribution in [3.8, 4) is 0 Å². The summed E-state index contributed by atoms with van der Waals surface area (Å²) in [5, 5.41) is 11.6. The fraction of sp³-hybridized carbons (Fsp3) is 0.471. The molecule has 0 aromatic heterocycles. The Hall–Kier alpha value is -3.54. The molecule has 0 atom stereocenters. The van der Waals surface area contributed by atoms with E-state index in [2.05, 4.69) is 13.8 Å². The highest BCUT2D eigenvalue weighted by molar-refractivity contribution is 6.04. The van der Waals surface area contributed by atoms with Gasteiger partial charge in [-0.3, -0.25) is 19.7 Å². The highest BCUT2D eigenvalue weighted by Gasteiger charge is 2.34. The number of nitro benzene ring substituents is 1. The van der Waals surface area contributed by atoms with Gasteiger partial charge in [-0.15, -0.1) is 0 Å². The number of carbonyl (C=O) groups is 2. The summed E-state index contributed by atoms with van der Waals surface area (Å²) in [5.74, 6) is -0.599. The van der Waals surface area contributed by atoms with Crippen LogP contribution in [0.25, 0.3) is 0 Å². The third kappa shape index (κ3) is 9.29. The van der Waals surface area contributed by atoms with Crippen molar-refractivity contribution in [3.63, 3.8) is 0 Å². The second-order valence-corrected chi connectivity index (χ2v) is 10.8. The predicted octanol–water partition coefficient (Wildman–Crippen LogP) is 8.82. The molecule has 2 aromatic rings. The number of allylic oxidation sites excluding steroid dienone is 2. The minimum atomic E-state index is -0.613. The molecular formula is C34H44N2O4. The molecule has 6 nitrogen and oxygen atoms in total. The fourth-order valence-electron chi connectivity index (χ4n) is 5.31. The van der Waals surface area contributed by atoms with Gasteiger partial charge in [-0.1, -0.05) is 108 Å². The molecule has 0 radical (unpaired) electrons. The van der Waals surface area contributed by atoms with E-state index >= 15 is 0 Å². The van der Waals surface area contributed by atoms with Crippen molar-refractivity contribution in [2.24, 2.45) is 0 Å². The Balaban J connectivity index is 1.97. The SMILES string of the molecule is CCCCCCCC(=O)C1=CN(Cc2ccccc2)C=C(C(=O)CCCCCCC)C1c1cccc([N+](=O)[O-])c1. The Labute approximate surface area is 239 Å². The first-order valence-corrected chi connectivity index (χ1v) is 15.0. The van der Waals surface area contributed by atoms with Crippen molar-refractivity contribution in [1.82, 2.24) is 4.90 Å². The van der Waals surface area contributed by atoms with Gasteiger partial charge in [0.25, 0.3) is 5.69 Å². The first kappa shape index (κ1) is 31.0. The van der Waals surface area contributed by atoms with Gasteiger partial charge in [0.15, 0.2) is 11.6 Å². The molecule has 0 amide bonds. The molecule has 3 rings (SSSR count). The summed E-state index contributed by atoms with van der Waals surface area (Å²) < 4.78 is 0. The summed E-state index contributed by atoms with van der Waals surface area (Å²) in [5.41, 5.74) is 2.74. The Morgan fingerprint density at radius 2 is 1.30 bits per heavy atom. The molecule has 0 aliphatic carbocycles. The van der Waals surface area contributed by atoms with E-state index in [1.807, 2.05) is 47.6 Å². The topological polar surface area (TPSA) is 80.5 Å². The number of hydrogen-bond acceptors (Lipinski definition) is 5. The average Bonchev–Trinajstić information content (AvgIpc) is 2.97. The molecule has 0 unspecified atom stereocenters. The Kier molecular flexibility index (Phi) is 12.8. The Morgan fingerprint density at radius 1 is 0.750 bits per heavy atom. The molecule has 1 heterocycles. The molecule has 40 heavy (non-hydrogen) atoms. The third-order valence-corrected chi connectivity index (χ3v) is 7.51. The van der Waals surface area contributed by atoms with Crippen LogP contribution in [0.15, 0.2) is 78.1 Å². The van der Waals surface area contributed by atoms with Crippen LogP contribution in [0.3, 0.4) is 0 Å². The Morgan fingerprint density at radius 3 is 1.82 bits per heavy atom. The quantitative estimate of drug-likeness (QED) is 0.106. The minimum Gasteiger partial charge on any atom is -0.349 e. The van der Waals surface area contributed by atoms with E-state index in [-0.39, 0.29) is 17.3 Å². The summed E-state index contributed by atoms with van der Waals surface area (Å²) in [6.07, 6.45) is 14.9. The maximum absolute atomic E-state index is 13.8. The van der Waals surface area contributed by atoms with Crippen molar-refractivity contribution in [1.29, 1.82) is 0 Å². The van der Waals surface area contributed by atoms with Crippen LogP contribution in [-0.2, 0) is 16.1 Å². The molecule has 0 saturated carbocycles. The molecule has 0 saturated heterocycles. The van der Waals surface area contributed by atoms with E-state index in [4.69, 9.17) is 0 Å². The number of rotatable bonds is 18. The van der Waals surface area contributed by atoms with E-state index in [9.17, 15) is 19.7 Å². The summed E-state index contributed by atoms with van der Waals surface area (Å²) in [7, 11) is 0. The summed E-state index contributed by atoms with van der Waals surface area (Å²) in [6.45, 7) is 4.86. The van der Waals surface area contributed by atoms with Gasteiger partial charge in [-0.05, 0) is 24.0 Å². The second kappa shape index (κ2) is 16.5. The highest BCUT2D eigenvalue weighted by atomic mass is 16.6. The summed E-state index contributed by atoms with van der Waals surface area (Å²) >= 11 is 0. The number of benzene rings is 2. The van der Waals surface area contributed by atoms with Crippen molar-refractivity contribution in [2.45, 2.75) is 103 Å². The third-order valence-electron chi connectivity index (χ3n) is 7.51. The number of hydrogen-bond donors (Lipinski definition) is 0. The standard InChI is InChI=1S/C34H44N2O4/c1-3-5-7-9-14-21-32(37)30-25-35(24-27-17-12-11-13-18-27)26-31(33(38)22-15-10-8-6-4-2)34(30)28-19-16-20-29(23-28)36(39)40/h11-13,16-20,23,25-26,34H,3-10,14-15,21-22,24H2,1-2H3. The number of non-ortho nitro benzene ring substituents is 1. The second-order valence-electron chi connectivity index (χ2n) is 10.8. The van der Waals surface area contributed by atoms with Crippen LogP contribution in [0, 0.1) is 10.1 Å². The molecule has 0 N–H and O–H groups in total. The monoisotopic (exact) mass is 544 g/mol. The van der Waals surface area contributed by atoms with Gasteiger partial charge in [0.2, 0.25) is 0 Å². The lowest BCUT2D eigenvalue weighted by Crippen LogP contribution is -2.27. The lowest BCUT2D eigenvalue weighted by Gasteiger charge is -2.31. The zero-order valence-electron chi connectivity index (χ0n) is 24.1. The number of carbonyl (C=O) groups excluding carboxylic acids is 2. The molecule has 0 spiro atoms. The molecule has 1 aliphatic heterocycles. The Bertz CT molecular complexity index is 1140. The molecule has 1 aliphatic rings. The number of nitrogens with zero attached hydrogens (tertiary/aromatic N) is 2. The number of nitro groups is 1. The van der Waals surface area contributed by atoms with Gasteiger partial charge in [-0.2, -0.15) is 0 Å². The van der Waals surface area contributed by atoms with Crippen LogP contribution in [-0.4, -0.2) is 21.4 Å². The van der Waals surface area contributed by atoms with E-state index in [0.717, 1.165) is 69.8 Å². The molecule has 0 fully saturated rings. The smallest absolute Gasteiger partial charge is 0.269 e. The molecule has 0 bridgehead atoms. The number of Topliss-reactive ketones (excluding diaryl/α,β-unsaturated/α-hetero) is 2. The number of ketones is 2. The first-order valence-electron chi connectivity index (χ1n) is 15.0. The van der Waals surface area contributed by atoms with Gasteiger partial charge in [0.1, 0.15) is 0 Å². The highest BCUT2D eigenvalue weighted by Crippen LogP contribution is 2.39. The number of unbranched alkanes of at least 4 members (excludes halogenated alkanes) is 8. The first-order chi connectivity index (χ1) is 19.4. The van der Waals surface area contributed by atoms with Crippen LogP contribution < -0.4 is 0 Å². The van der Waals surface area contributed by atoms with Crippen molar-refractivity contribution in [2.75, 3.05) is 0 Å². The van der Waals surface area contributed by atoms with Gasteiger partial charge in [-0.25, -0.2) is 0 Å². The lowest BCUT2D eigenvalue weighted by atomic mass is 9.78. The summed E-state index contributed by atoms with van der Waals surface area (Å²) in [4.78, 5) is 40.7. The van der Waals surface area contributed by atoms with E-state index < -0.39 is 10.8 Å². The van der Waals surface area contributed by atoms with Gasteiger partial charge >= 0.3 is 0 Å². The van der Waals surface area contributed by atoms with E-state index in [1.54, 1.807) is 12.1 Å². The van der Waals surface area contributed by atoms with Crippen LogP contribution >= 0.6 is 0 Å².